The molecule has 0 radical (unpaired) electrons. The van der Waals surface area contributed by atoms with Gasteiger partial charge in [0, 0.05) is 12.1 Å². The smallest absolute Gasteiger partial charge is 0.252 e. The van der Waals surface area contributed by atoms with Gasteiger partial charge in [0.25, 0.3) is 6.73 Å². The zero-order valence-corrected chi connectivity index (χ0v) is 11.8. The van der Waals surface area contributed by atoms with Crippen molar-refractivity contribution in [2.45, 2.75) is 65.0 Å². The predicted octanol–water partition coefficient (Wildman–Crippen LogP) is 4.09. The molecule has 0 unspecified atom stereocenters. The lowest BCUT2D eigenvalue weighted by molar-refractivity contribution is -0.732. The van der Waals surface area contributed by atoms with Crippen LogP contribution in [0.2, 0.25) is 0 Å². The molecule has 0 fully saturated rings. The summed E-state index contributed by atoms with van der Waals surface area (Å²) in [7, 11) is 0. The molecule has 1 aromatic rings. The maximum atomic E-state index is 5.63. The van der Waals surface area contributed by atoms with Crippen LogP contribution in [0.3, 0.4) is 0 Å². The van der Waals surface area contributed by atoms with Crippen LogP contribution < -0.4 is 4.57 Å². The third-order valence-electron chi connectivity index (χ3n) is 3.16. The standard InChI is InChI=1S/C16H28NO/c1-2-3-4-5-6-7-8-12-15-18-16-17-13-10-9-11-14-17/h9-11,13-14H,2-8,12,15-16H2,1H3/q+1. The quantitative estimate of drug-likeness (QED) is 0.426. The van der Waals surface area contributed by atoms with Crippen LogP contribution in [-0.4, -0.2) is 6.61 Å². The topological polar surface area (TPSA) is 13.1 Å². The van der Waals surface area contributed by atoms with E-state index in [0.29, 0.717) is 6.73 Å². The molecule has 0 bridgehead atoms. The minimum atomic E-state index is 0.678. The molecule has 0 saturated carbocycles. The minimum absolute atomic E-state index is 0.678. The first-order valence-corrected chi connectivity index (χ1v) is 7.45. The Balaban J connectivity index is 1.82. The summed E-state index contributed by atoms with van der Waals surface area (Å²) in [6.07, 6.45) is 14.9. The third kappa shape index (κ3) is 8.24. The molecule has 0 atom stereocenters. The van der Waals surface area contributed by atoms with E-state index in [1.54, 1.807) is 0 Å². The number of hydrogen-bond donors (Lipinski definition) is 0. The molecule has 0 N–H and O–H groups in total. The number of ether oxygens (including phenoxy) is 1. The molecule has 0 aliphatic heterocycles. The van der Waals surface area contributed by atoms with E-state index in [1.807, 2.05) is 30.6 Å². The number of unbranched alkanes of at least 4 members (excludes halogenated alkanes) is 7. The Morgan fingerprint density at radius 2 is 1.39 bits per heavy atom. The van der Waals surface area contributed by atoms with Crippen LogP contribution in [0.5, 0.6) is 0 Å². The highest BCUT2D eigenvalue weighted by atomic mass is 16.5. The first-order valence-electron chi connectivity index (χ1n) is 7.45. The Kier molecular flexibility index (Phi) is 9.45. The van der Waals surface area contributed by atoms with E-state index in [9.17, 15) is 0 Å². The number of rotatable bonds is 11. The average Bonchev–Trinajstić information content (AvgIpc) is 2.42. The van der Waals surface area contributed by atoms with Crippen molar-refractivity contribution in [2.75, 3.05) is 6.61 Å². The van der Waals surface area contributed by atoms with Crippen molar-refractivity contribution in [3.05, 3.63) is 30.6 Å². The maximum Gasteiger partial charge on any atom is 0.252 e. The zero-order valence-electron chi connectivity index (χ0n) is 11.8. The van der Waals surface area contributed by atoms with Gasteiger partial charge < -0.3 is 4.74 Å². The summed E-state index contributed by atoms with van der Waals surface area (Å²) >= 11 is 0. The molecule has 0 spiro atoms. The van der Waals surface area contributed by atoms with Crippen LogP contribution in [0.15, 0.2) is 30.6 Å². The van der Waals surface area contributed by atoms with Gasteiger partial charge in [-0.1, -0.05) is 57.9 Å². The van der Waals surface area contributed by atoms with Crippen molar-refractivity contribution in [3.8, 4) is 0 Å². The van der Waals surface area contributed by atoms with E-state index in [0.717, 1.165) is 6.61 Å². The second-order valence-corrected chi connectivity index (χ2v) is 4.90. The maximum absolute atomic E-state index is 5.63. The largest absolute Gasteiger partial charge is 0.323 e. The molecule has 0 amide bonds. The number of nitrogens with zero attached hydrogens (tertiary/aromatic N) is 1. The van der Waals surface area contributed by atoms with E-state index < -0.39 is 0 Å². The normalized spacial score (nSPS) is 10.7. The Labute approximate surface area is 112 Å². The fourth-order valence-electron chi connectivity index (χ4n) is 2.03. The molecule has 0 saturated heterocycles. The fourth-order valence-corrected chi connectivity index (χ4v) is 2.03. The first kappa shape index (κ1) is 15.2. The zero-order chi connectivity index (χ0) is 12.9. The van der Waals surface area contributed by atoms with Crippen LogP contribution in [0, 0.1) is 0 Å². The number of aromatic nitrogens is 1. The molecule has 1 rings (SSSR count). The second-order valence-electron chi connectivity index (χ2n) is 4.90. The van der Waals surface area contributed by atoms with E-state index in [1.165, 1.54) is 51.4 Å². The number of hydrogen-bond acceptors (Lipinski definition) is 1. The number of pyridine rings is 1. The summed E-state index contributed by atoms with van der Waals surface area (Å²) < 4.78 is 7.69. The van der Waals surface area contributed by atoms with Gasteiger partial charge in [0.05, 0.1) is 6.61 Å². The van der Waals surface area contributed by atoms with Gasteiger partial charge in [-0.2, -0.15) is 4.57 Å². The summed E-state index contributed by atoms with van der Waals surface area (Å²) in [5.74, 6) is 0. The highest BCUT2D eigenvalue weighted by molar-refractivity contribution is 4.83. The molecule has 18 heavy (non-hydrogen) atoms. The van der Waals surface area contributed by atoms with Gasteiger partial charge in [-0.3, -0.25) is 0 Å². The SMILES string of the molecule is CCCCCCCCCCOC[n+]1ccccc1. The lowest BCUT2D eigenvalue weighted by atomic mass is 10.1. The van der Waals surface area contributed by atoms with Crippen LogP contribution in [0.4, 0.5) is 0 Å². The van der Waals surface area contributed by atoms with Crippen molar-refractivity contribution in [1.29, 1.82) is 0 Å². The molecule has 0 aromatic carbocycles. The molecule has 2 nitrogen and oxygen atoms in total. The van der Waals surface area contributed by atoms with Crippen molar-refractivity contribution < 1.29 is 9.30 Å². The van der Waals surface area contributed by atoms with E-state index in [4.69, 9.17) is 4.74 Å². The lowest BCUT2D eigenvalue weighted by Crippen LogP contribution is -2.33. The highest BCUT2D eigenvalue weighted by Crippen LogP contribution is 2.08. The van der Waals surface area contributed by atoms with Gasteiger partial charge in [-0.25, -0.2) is 0 Å². The second kappa shape index (κ2) is 11.2. The molecular weight excluding hydrogens is 222 g/mol. The van der Waals surface area contributed by atoms with Gasteiger partial charge in [0.2, 0.25) is 0 Å². The molecule has 102 valence electrons. The minimum Gasteiger partial charge on any atom is -0.323 e. The van der Waals surface area contributed by atoms with E-state index >= 15 is 0 Å². The Hall–Kier alpha value is -0.890. The Bertz CT molecular complexity index is 274. The first-order chi connectivity index (χ1) is 8.93. The molecule has 0 aliphatic rings. The van der Waals surface area contributed by atoms with Gasteiger partial charge in [0.1, 0.15) is 0 Å². The van der Waals surface area contributed by atoms with Gasteiger partial charge in [-0.05, 0) is 6.42 Å². The van der Waals surface area contributed by atoms with E-state index in [2.05, 4.69) is 11.5 Å². The Morgan fingerprint density at radius 1 is 0.778 bits per heavy atom. The Morgan fingerprint density at radius 3 is 2.06 bits per heavy atom. The molecular formula is C16H28NO+. The van der Waals surface area contributed by atoms with Crippen LogP contribution in [-0.2, 0) is 11.5 Å². The third-order valence-corrected chi connectivity index (χ3v) is 3.16. The van der Waals surface area contributed by atoms with Crippen molar-refractivity contribution in [2.24, 2.45) is 0 Å². The van der Waals surface area contributed by atoms with Crippen molar-refractivity contribution in [1.82, 2.24) is 0 Å². The summed E-state index contributed by atoms with van der Waals surface area (Å²) in [6.45, 7) is 3.83. The van der Waals surface area contributed by atoms with Crippen molar-refractivity contribution in [3.63, 3.8) is 0 Å². The molecule has 0 aliphatic carbocycles. The van der Waals surface area contributed by atoms with Gasteiger partial charge >= 0.3 is 0 Å². The molecule has 1 aromatic heterocycles. The average molecular weight is 250 g/mol. The van der Waals surface area contributed by atoms with Gasteiger partial charge in [-0.15, -0.1) is 0 Å². The van der Waals surface area contributed by atoms with Crippen LogP contribution in [0.1, 0.15) is 58.3 Å². The molecule has 2 heteroatoms. The van der Waals surface area contributed by atoms with Gasteiger partial charge in [0.15, 0.2) is 12.4 Å². The summed E-state index contributed by atoms with van der Waals surface area (Å²) in [5.41, 5.74) is 0. The predicted molar refractivity (Wildman–Crippen MR) is 75.2 cm³/mol. The highest BCUT2D eigenvalue weighted by Gasteiger charge is 1.97. The van der Waals surface area contributed by atoms with Crippen molar-refractivity contribution >= 4 is 0 Å². The van der Waals surface area contributed by atoms with Crippen LogP contribution >= 0.6 is 0 Å². The lowest BCUT2D eigenvalue weighted by Gasteiger charge is -2.02. The fraction of sp³-hybridized carbons (Fsp3) is 0.688. The van der Waals surface area contributed by atoms with Crippen LogP contribution in [0.25, 0.3) is 0 Å². The summed E-state index contributed by atoms with van der Waals surface area (Å²) in [5, 5.41) is 0. The van der Waals surface area contributed by atoms with E-state index in [-0.39, 0.29) is 0 Å². The summed E-state index contributed by atoms with van der Waals surface area (Å²) in [6, 6.07) is 6.08. The molecule has 1 heterocycles. The summed E-state index contributed by atoms with van der Waals surface area (Å²) in [4.78, 5) is 0. The monoisotopic (exact) mass is 250 g/mol.